The molecule has 0 bridgehead atoms. The average Bonchev–Trinajstić information content (AvgIpc) is 3.44. The first-order chi connectivity index (χ1) is 14.7. The van der Waals surface area contributed by atoms with Crippen LogP contribution < -0.4 is 14.8 Å². The number of anilines is 1. The highest BCUT2D eigenvalue weighted by molar-refractivity contribution is 6.03. The molecule has 4 rings (SSSR count). The number of amides is 1. The Morgan fingerprint density at radius 1 is 1.00 bits per heavy atom. The number of aromatic nitrogens is 4. The molecule has 0 fully saturated rings. The largest absolute Gasteiger partial charge is 0.493 e. The van der Waals surface area contributed by atoms with Gasteiger partial charge in [0.2, 0.25) is 0 Å². The van der Waals surface area contributed by atoms with Crippen LogP contribution in [0.15, 0.2) is 73.2 Å². The highest BCUT2D eigenvalue weighted by Gasteiger charge is 2.15. The van der Waals surface area contributed by atoms with E-state index in [4.69, 9.17) is 9.47 Å². The van der Waals surface area contributed by atoms with Crippen molar-refractivity contribution in [2.45, 2.75) is 6.54 Å². The standard InChI is InChI=1S/C22H21N5O3/c1-29-19-10-6-7-16(21(19)30-2)14-27-20(11-12-23-27)25-22(28)17-13-24-26(15-17)18-8-4-3-5-9-18/h3-13,15H,14H2,1-2H3,(H,25,28). The van der Waals surface area contributed by atoms with Crippen molar-refractivity contribution in [1.29, 1.82) is 0 Å². The van der Waals surface area contributed by atoms with Gasteiger partial charge in [-0.25, -0.2) is 9.36 Å². The molecule has 4 aromatic rings. The van der Waals surface area contributed by atoms with Crippen LogP contribution in [0.2, 0.25) is 0 Å². The number of para-hydroxylation sites is 2. The molecule has 0 aliphatic heterocycles. The van der Waals surface area contributed by atoms with Gasteiger partial charge in [-0.15, -0.1) is 0 Å². The van der Waals surface area contributed by atoms with Crippen molar-refractivity contribution < 1.29 is 14.3 Å². The maximum Gasteiger partial charge on any atom is 0.260 e. The minimum atomic E-state index is -0.267. The van der Waals surface area contributed by atoms with Gasteiger partial charge in [0.1, 0.15) is 5.82 Å². The molecule has 0 unspecified atom stereocenters. The van der Waals surface area contributed by atoms with Gasteiger partial charge in [0.05, 0.1) is 44.4 Å². The Balaban J connectivity index is 1.52. The van der Waals surface area contributed by atoms with Crippen LogP contribution in [0.3, 0.4) is 0 Å². The predicted octanol–water partition coefficient (Wildman–Crippen LogP) is 3.39. The lowest BCUT2D eigenvalue weighted by Crippen LogP contribution is -2.16. The third kappa shape index (κ3) is 3.88. The van der Waals surface area contributed by atoms with Crippen LogP contribution in [0.25, 0.3) is 5.69 Å². The monoisotopic (exact) mass is 403 g/mol. The van der Waals surface area contributed by atoms with Gasteiger partial charge in [0, 0.05) is 17.8 Å². The van der Waals surface area contributed by atoms with Crippen LogP contribution in [0.1, 0.15) is 15.9 Å². The number of carbonyl (C=O) groups excluding carboxylic acids is 1. The molecule has 2 heterocycles. The Labute approximate surface area is 173 Å². The molecule has 152 valence electrons. The van der Waals surface area contributed by atoms with Gasteiger partial charge in [0.15, 0.2) is 11.5 Å². The number of nitrogens with zero attached hydrogens (tertiary/aromatic N) is 4. The van der Waals surface area contributed by atoms with Crippen molar-refractivity contribution in [3.63, 3.8) is 0 Å². The number of ether oxygens (including phenoxy) is 2. The zero-order valence-corrected chi connectivity index (χ0v) is 16.6. The van der Waals surface area contributed by atoms with Gasteiger partial charge in [-0.3, -0.25) is 4.79 Å². The van der Waals surface area contributed by atoms with Crippen molar-refractivity contribution in [3.05, 3.63) is 84.3 Å². The number of carbonyl (C=O) groups is 1. The highest BCUT2D eigenvalue weighted by atomic mass is 16.5. The fourth-order valence-corrected chi connectivity index (χ4v) is 3.15. The van der Waals surface area contributed by atoms with E-state index < -0.39 is 0 Å². The number of nitrogens with one attached hydrogen (secondary N) is 1. The zero-order valence-electron chi connectivity index (χ0n) is 16.6. The summed E-state index contributed by atoms with van der Waals surface area (Å²) >= 11 is 0. The van der Waals surface area contributed by atoms with Crippen LogP contribution in [0.5, 0.6) is 11.5 Å². The Hall–Kier alpha value is -4.07. The second-order valence-corrected chi connectivity index (χ2v) is 6.49. The lowest BCUT2D eigenvalue weighted by Gasteiger charge is -2.14. The van der Waals surface area contributed by atoms with E-state index in [1.165, 1.54) is 6.20 Å². The Kier molecular flexibility index (Phi) is 5.47. The molecule has 1 N–H and O–H groups in total. The molecule has 0 atom stereocenters. The van der Waals surface area contributed by atoms with E-state index in [2.05, 4.69) is 15.5 Å². The van der Waals surface area contributed by atoms with Crippen LogP contribution in [-0.2, 0) is 6.54 Å². The lowest BCUT2D eigenvalue weighted by molar-refractivity contribution is 0.102. The normalized spacial score (nSPS) is 10.6. The SMILES string of the molecule is COc1cccc(Cn2nccc2NC(=O)c2cnn(-c3ccccc3)c2)c1OC. The highest BCUT2D eigenvalue weighted by Crippen LogP contribution is 2.31. The number of hydrogen-bond acceptors (Lipinski definition) is 5. The maximum atomic E-state index is 12.7. The first-order valence-electron chi connectivity index (χ1n) is 9.32. The molecule has 30 heavy (non-hydrogen) atoms. The van der Waals surface area contributed by atoms with Gasteiger partial charge >= 0.3 is 0 Å². The molecule has 8 nitrogen and oxygen atoms in total. The third-order valence-electron chi connectivity index (χ3n) is 4.63. The van der Waals surface area contributed by atoms with E-state index in [-0.39, 0.29) is 5.91 Å². The molecule has 2 aromatic heterocycles. The van der Waals surface area contributed by atoms with E-state index in [9.17, 15) is 4.79 Å². The molecule has 2 aromatic carbocycles. The van der Waals surface area contributed by atoms with Crippen molar-refractivity contribution in [2.75, 3.05) is 19.5 Å². The minimum Gasteiger partial charge on any atom is -0.493 e. The summed E-state index contributed by atoms with van der Waals surface area (Å²) in [6.45, 7) is 0.409. The number of rotatable bonds is 7. The van der Waals surface area contributed by atoms with Crippen molar-refractivity contribution in [3.8, 4) is 17.2 Å². The molecule has 0 spiro atoms. The summed E-state index contributed by atoms with van der Waals surface area (Å²) in [5.74, 6) is 1.58. The second-order valence-electron chi connectivity index (χ2n) is 6.49. The summed E-state index contributed by atoms with van der Waals surface area (Å²) in [6, 6.07) is 17.0. The topological polar surface area (TPSA) is 83.2 Å². The minimum absolute atomic E-state index is 0.267. The van der Waals surface area contributed by atoms with E-state index in [1.807, 2.05) is 48.5 Å². The molecular weight excluding hydrogens is 382 g/mol. The summed E-state index contributed by atoms with van der Waals surface area (Å²) in [7, 11) is 3.19. The van der Waals surface area contributed by atoms with E-state index >= 15 is 0 Å². The summed E-state index contributed by atoms with van der Waals surface area (Å²) in [4.78, 5) is 12.7. The Morgan fingerprint density at radius 3 is 2.60 bits per heavy atom. The van der Waals surface area contributed by atoms with Crippen LogP contribution in [-0.4, -0.2) is 39.7 Å². The van der Waals surface area contributed by atoms with Crippen LogP contribution in [0.4, 0.5) is 5.82 Å². The molecule has 0 saturated carbocycles. The molecule has 0 radical (unpaired) electrons. The average molecular weight is 403 g/mol. The third-order valence-corrected chi connectivity index (χ3v) is 4.63. The molecular formula is C22H21N5O3. The fraction of sp³-hybridized carbons (Fsp3) is 0.136. The van der Waals surface area contributed by atoms with Gasteiger partial charge < -0.3 is 14.8 Å². The van der Waals surface area contributed by atoms with Crippen molar-refractivity contribution >= 4 is 11.7 Å². The number of methoxy groups -OCH3 is 2. The predicted molar refractivity (Wildman–Crippen MR) is 112 cm³/mol. The molecule has 1 amide bonds. The summed E-state index contributed by atoms with van der Waals surface area (Å²) in [5.41, 5.74) is 2.21. The van der Waals surface area contributed by atoms with Crippen LogP contribution >= 0.6 is 0 Å². The fourth-order valence-electron chi connectivity index (χ4n) is 3.15. The summed E-state index contributed by atoms with van der Waals surface area (Å²) in [5, 5.41) is 11.5. The quantitative estimate of drug-likeness (QED) is 0.511. The van der Waals surface area contributed by atoms with E-state index in [1.54, 1.807) is 42.0 Å². The summed E-state index contributed by atoms with van der Waals surface area (Å²) < 4.78 is 14.2. The maximum absolute atomic E-state index is 12.7. The molecule has 0 saturated heterocycles. The second kappa shape index (κ2) is 8.52. The van der Waals surface area contributed by atoms with E-state index in [0.29, 0.717) is 29.4 Å². The Bertz CT molecular complexity index is 1150. The first-order valence-corrected chi connectivity index (χ1v) is 9.32. The van der Waals surface area contributed by atoms with Crippen molar-refractivity contribution in [2.24, 2.45) is 0 Å². The van der Waals surface area contributed by atoms with Gasteiger partial charge in [0.25, 0.3) is 5.91 Å². The van der Waals surface area contributed by atoms with Crippen LogP contribution in [0, 0.1) is 0 Å². The number of benzene rings is 2. The van der Waals surface area contributed by atoms with Crippen molar-refractivity contribution in [1.82, 2.24) is 19.6 Å². The van der Waals surface area contributed by atoms with Gasteiger partial charge in [-0.2, -0.15) is 10.2 Å². The molecule has 0 aliphatic rings. The summed E-state index contributed by atoms with van der Waals surface area (Å²) in [6.07, 6.45) is 4.86. The van der Waals surface area contributed by atoms with Gasteiger partial charge in [-0.05, 0) is 18.2 Å². The van der Waals surface area contributed by atoms with Gasteiger partial charge in [-0.1, -0.05) is 30.3 Å². The Morgan fingerprint density at radius 2 is 1.83 bits per heavy atom. The molecule has 8 heteroatoms. The van der Waals surface area contributed by atoms with E-state index in [0.717, 1.165) is 11.3 Å². The lowest BCUT2D eigenvalue weighted by atomic mass is 10.2. The zero-order chi connectivity index (χ0) is 20.9. The number of hydrogen-bond donors (Lipinski definition) is 1. The smallest absolute Gasteiger partial charge is 0.260 e. The molecule has 0 aliphatic carbocycles. The first kappa shape index (κ1) is 19.3.